The number of carbonyl (C=O) groups excluding carboxylic acids is 1. The molecule has 2 heterocycles. The molecule has 1 aliphatic heterocycles. The maximum Gasteiger partial charge on any atom is 0.293 e. The molecule has 28 heavy (non-hydrogen) atoms. The Hall–Kier alpha value is -2.78. The Bertz CT molecular complexity index is 857. The van der Waals surface area contributed by atoms with E-state index < -0.39 is 4.92 Å². The van der Waals surface area contributed by atoms with E-state index >= 15 is 0 Å². The van der Waals surface area contributed by atoms with Crippen molar-refractivity contribution in [1.82, 2.24) is 19.4 Å². The summed E-state index contributed by atoms with van der Waals surface area (Å²) in [4.78, 5) is 32.4. The van der Waals surface area contributed by atoms with Gasteiger partial charge in [-0.25, -0.2) is 4.98 Å². The first-order valence-corrected chi connectivity index (χ1v) is 9.33. The van der Waals surface area contributed by atoms with E-state index in [1.165, 1.54) is 12.3 Å². The van der Waals surface area contributed by atoms with Crippen LogP contribution in [0.15, 0.2) is 30.6 Å². The summed E-state index contributed by atoms with van der Waals surface area (Å²) in [5.74, 6) is -0.0911. The number of hydrogen-bond donors (Lipinski definition) is 1. The number of ketones is 1. The summed E-state index contributed by atoms with van der Waals surface area (Å²) in [5.41, 5.74) is 0.562. The number of imidazole rings is 1. The van der Waals surface area contributed by atoms with E-state index in [0.717, 1.165) is 26.2 Å². The number of nitrogens with zero attached hydrogens (tertiary/aromatic N) is 5. The first-order chi connectivity index (χ1) is 13.4. The molecule has 1 atom stereocenters. The highest BCUT2D eigenvalue weighted by molar-refractivity contribution is 6.07. The average Bonchev–Trinajstić information content (AvgIpc) is 3.11. The van der Waals surface area contributed by atoms with Crippen molar-refractivity contribution in [3.05, 3.63) is 52.1 Å². The van der Waals surface area contributed by atoms with Gasteiger partial charge in [0, 0.05) is 69.8 Å². The van der Waals surface area contributed by atoms with E-state index in [-0.39, 0.29) is 28.9 Å². The van der Waals surface area contributed by atoms with Crippen molar-refractivity contribution < 1.29 is 9.72 Å². The van der Waals surface area contributed by atoms with Gasteiger partial charge in [-0.3, -0.25) is 19.8 Å². The van der Waals surface area contributed by atoms with Gasteiger partial charge in [-0.1, -0.05) is 0 Å². The number of aromatic nitrogens is 2. The molecule has 3 rings (SSSR count). The third-order valence-corrected chi connectivity index (χ3v) is 5.23. The molecule has 9 nitrogen and oxygen atoms in total. The van der Waals surface area contributed by atoms with Gasteiger partial charge < -0.3 is 14.8 Å². The summed E-state index contributed by atoms with van der Waals surface area (Å²) >= 11 is 0. The molecule has 0 aliphatic carbocycles. The predicted molar refractivity (Wildman–Crippen MR) is 107 cm³/mol. The van der Waals surface area contributed by atoms with Gasteiger partial charge in [-0.2, -0.15) is 0 Å². The zero-order valence-electron chi connectivity index (χ0n) is 16.5. The molecule has 0 spiro atoms. The van der Waals surface area contributed by atoms with E-state index in [0.29, 0.717) is 12.2 Å². The second-order valence-corrected chi connectivity index (χ2v) is 7.25. The zero-order chi connectivity index (χ0) is 20.3. The first-order valence-electron chi connectivity index (χ1n) is 9.33. The Morgan fingerprint density at radius 3 is 2.61 bits per heavy atom. The second kappa shape index (κ2) is 8.49. The Balaban J connectivity index is 1.72. The quantitative estimate of drug-likeness (QED) is 0.439. The number of aryl methyl sites for hydroxylation is 1. The van der Waals surface area contributed by atoms with E-state index in [9.17, 15) is 14.9 Å². The van der Waals surface area contributed by atoms with Crippen LogP contribution in [0.2, 0.25) is 0 Å². The summed E-state index contributed by atoms with van der Waals surface area (Å²) in [5, 5.41) is 14.7. The van der Waals surface area contributed by atoms with Crippen molar-refractivity contribution in [3.8, 4) is 0 Å². The van der Waals surface area contributed by atoms with Gasteiger partial charge in [0.15, 0.2) is 5.82 Å². The van der Waals surface area contributed by atoms with Crippen LogP contribution in [0.5, 0.6) is 0 Å². The van der Waals surface area contributed by atoms with Gasteiger partial charge in [0.1, 0.15) is 5.69 Å². The fraction of sp³-hybridized carbons (Fsp3) is 0.474. The van der Waals surface area contributed by atoms with Crippen LogP contribution < -0.4 is 5.32 Å². The summed E-state index contributed by atoms with van der Waals surface area (Å²) in [7, 11) is 3.82. The van der Waals surface area contributed by atoms with Crippen LogP contribution in [0.25, 0.3) is 0 Å². The fourth-order valence-electron chi connectivity index (χ4n) is 3.34. The second-order valence-electron chi connectivity index (χ2n) is 7.25. The molecule has 1 aromatic carbocycles. The molecule has 9 heteroatoms. The van der Waals surface area contributed by atoms with E-state index in [1.807, 2.05) is 0 Å². The van der Waals surface area contributed by atoms with Crippen molar-refractivity contribution in [2.45, 2.75) is 13.0 Å². The molecule has 2 aromatic rings. The number of hydrogen-bond acceptors (Lipinski definition) is 7. The highest BCUT2D eigenvalue weighted by atomic mass is 16.6. The molecule has 1 N–H and O–H groups in total. The maximum absolute atomic E-state index is 12.6. The van der Waals surface area contributed by atoms with Crippen molar-refractivity contribution in [2.75, 3.05) is 45.1 Å². The molecule has 1 unspecified atom stereocenters. The number of nitro groups is 1. The minimum atomic E-state index is -0.460. The minimum Gasteiger partial charge on any atom is -0.378 e. The van der Waals surface area contributed by atoms with Gasteiger partial charge in [-0.15, -0.1) is 0 Å². The highest BCUT2D eigenvalue weighted by Crippen LogP contribution is 2.27. The number of piperazine rings is 1. The van der Waals surface area contributed by atoms with Crippen LogP contribution in [-0.4, -0.2) is 75.9 Å². The van der Waals surface area contributed by atoms with Gasteiger partial charge in [0.05, 0.1) is 4.92 Å². The lowest BCUT2D eigenvalue weighted by Gasteiger charge is -2.36. The largest absolute Gasteiger partial charge is 0.378 e. The topological polar surface area (TPSA) is 96.5 Å². The lowest BCUT2D eigenvalue weighted by atomic mass is 10.1. The number of anilines is 1. The molecule has 0 radical (unpaired) electrons. The molecule has 0 bridgehead atoms. The van der Waals surface area contributed by atoms with Crippen LogP contribution in [0, 0.1) is 10.1 Å². The number of likely N-dealkylation sites (N-methyl/N-ethyl adjacent to an activating group) is 1. The number of carbonyl (C=O) groups is 1. The summed E-state index contributed by atoms with van der Waals surface area (Å²) in [6.45, 7) is 6.72. The third-order valence-electron chi connectivity index (χ3n) is 5.23. The molecule has 1 fully saturated rings. The predicted octanol–water partition coefficient (Wildman–Crippen LogP) is 1.61. The van der Waals surface area contributed by atoms with E-state index in [4.69, 9.17) is 0 Å². The third kappa shape index (κ3) is 4.37. The fourth-order valence-corrected chi connectivity index (χ4v) is 3.34. The molecule has 0 amide bonds. The molecular formula is C19H26N6O3. The molecule has 1 aliphatic rings. The monoisotopic (exact) mass is 386 g/mol. The van der Waals surface area contributed by atoms with Gasteiger partial charge in [0.2, 0.25) is 5.78 Å². The lowest BCUT2D eigenvalue weighted by molar-refractivity contribution is -0.384. The lowest BCUT2D eigenvalue weighted by Crippen LogP contribution is -2.49. The van der Waals surface area contributed by atoms with Crippen LogP contribution in [0.4, 0.5) is 11.4 Å². The van der Waals surface area contributed by atoms with Gasteiger partial charge in [-0.05, 0) is 26.1 Å². The molecular weight excluding hydrogens is 360 g/mol. The van der Waals surface area contributed by atoms with Crippen LogP contribution in [0.3, 0.4) is 0 Å². The minimum absolute atomic E-state index is 0.106. The van der Waals surface area contributed by atoms with Gasteiger partial charge in [0.25, 0.3) is 5.69 Å². The number of benzene rings is 1. The smallest absolute Gasteiger partial charge is 0.293 e. The SMILES string of the molecule is CC(CNc1ccc(C(=O)c2nccn2C)cc1[N+](=O)[O-])N1CCN(C)CC1. The molecule has 0 saturated carbocycles. The molecule has 1 aromatic heterocycles. The Morgan fingerprint density at radius 2 is 2.00 bits per heavy atom. The number of rotatable bonds is 7. The highest BCUT2D eigenvalue weighted by Gasteiger charge is 2.22. The van der Waals surface area contributed by atoms with Crippen LogP contribution in [-0.2, 0) is 7.05 Å². The van der Waals surface area contributed by atoms with Crippen molar-refractivity contribution in [3.63, 3.8) is 0 Å². The van der Waals surface area contributed by atoms with Crippen molar-refractivity contribution >= 4 is 17.2 Å². The maximum atomic E-state index is 12.6. The van der Waals surface area contributed by atoms with Gasteiger partial charge >= 0.3 is 0 Å². The standard InChI is InChI=1S/C19H26N6O3/c1-14(24-10-8-22(2)9-11-24)13-21-16-5-4-15(12-17(16)25(27)28)18(26)19-20-6-7-23(19)3/h4-7,12,14,21H,8-11,13H2,1-3H3. The van der Waals surface area contributed by atoms with E-state index in [2.05, 4.69) is 34.1 Å². The van der Waals surface area contributed by atoms with Crippen molar-refractivity contribution in [1.29, 1.82) is 0 Å². The van der Waals surface area contributed by atoms with Crippen LogP contribution in [0.1, 0.15) is 23.1 Å². The average molecular weight is 386 g/mol. The van der Waals surface area contributed by atoms with E-state index in [1.54, 1.807) is 29.9 Å². The summed E-state index contributed by atoms with van der Waals surface area (Å²) in [6.07, 6.45) is 3.19. The molecule has 150 valence electrons. The molecule has 1 saturated heterocycles. The normalized spacial score (nSPS) is 16.7. The summed E-state index contributed by atoms with van der Waals surface area (Å²) < 4.78 is 1.60. The zero-order valence-corrected chi connectivity index (χ0v) is 16.5. The Labute approximate surface area is 164 Å². The van der Waals surface area contributed by atoms with Crippen LogP contribution >= 0.6 is 0 Å². The first kappa shape index (κ1) is 20.0. The Morgan fingerprint density at radius 1 is 1.29 bits per heavy atom. The number of nitrogens with one attached hydrogen (secondary N) is 1. The Kier molecular flexibility index (Phi) is 6.05. The summed E-state index contributed by atoms with van der Waals surface area (Å²) in [6, 6.07) is 4.78. The van der Waals surface area contributed by atoms with Crippen molar-refractivity contribution in [2.24, 2.45) is 7.05 Å². The number of nitro benzene ring substituents is 1.